The maximum Gasteiger partial charge on any atom is 0.202 e. The van der Waals surface area contributed by atoms with Crippen LogP contribution in [0.25, 0.3) is 0 Å². The summed E-state index contributed by atoms with van der Waals surface area (Å²) in [6.07, 6.45) is 7.06. The molecule has 0 bridgehead atoms. The van der Waals surface area contributed by atoms with Gasteiger partial charge in [0.2, 0.25) is 5.13 Å². The second-order valence-corrected chi connectivity index (χ2v) is 6.02. The average Bonchev–Trinajstić information content (AvgIpc) is 2.76. The molecular weight excluding hydrogens is 254 g/mol. The number of anilines is 1. The Balaban J connectivity index is 1.79. The number of nitrogens with one attached hydrogen (secondary N) is 1. The van der Waals surface area contributed by atoms with Gasteiger partial charge in [-0.2, -0.15) is 4.37 Å². The van der Waals surface area contributed by atoms with Crippen LogP contribution in [0.4, 0.5) is 5.13 Å². The lowest BCUT2D eigenvalue weighted by molar-refractivity contribution is 0.380. The Kier molecular flexibility index (Phi) is 5.04. The Morgan fingerprint density at radius 2 is 2.24 bits per heavy atom. The summed E-state index contributed by atoms with van der Waals surface area (Å²) in [5.74, 6) is 1.55. The van der Waals surface area contributed by atoms with E-state index < -0.39 is 0 Å². The molecule has 0 saturated heterocycles. The van der Waals surface area contributed by atoms with Crippen LogP contribution in [0, 0.1) is 5.92 Å². The van der Waals surface area contributed by atoms with Gasteiger partial charge in [0.15, 0.2) is 0 Å². The SMILES string of the molecule is CCCc1nsc(NCC2CCCCC2Cl)n1. The van der Waals surface area contributed by atoms with Crippen molar-refractivity contribution in [3.8, 4) is 0 Å². The topological polar surface area (TPSA) is 37.8 Å². The highest BCUT2D eigenvalue weighted by atomic mass is 35.5. The number of nitrogens with zero attached hydrogens (tertiary/aromatic N) is 2. The van der Waals surface area contributed by atoms with Gasteiger partial charge in [0, 0.05) is 29.9 Å². The molecule has 1 aromatic heterocycles. The van der Waals surface area contributed by atoms with Crippen LogP contribution in [0.15, 0.2) is 0 Å². The molecule has 1 saturated carbocycles. The van der Waals surface area contributed by atoms with Crippen molar-refractivity contribution in [2.45, 2.75) is 50.8 Å². The molecule has 1 aromatic rings. The van der Waals surface area contributed by atoms with Crippen LogP contribution in [-0.2, 0) is 6.42 Å². The minimum atomic E-state index is 0.333. The fourth-order valence-electron chi connectivity index (χ4n) is 2.26. The predicted octanol–water partition coefficient (Wildman–Crippen LogP) is 3.70. The van der Waals surface area contributed by atoms with E-state index in [4.69, 9.17) is 11.6 Å². The molecule has 3 nitrogen and oxygen atoms in total. The minimum Gasteiger partial charge on any atom is -0.360 e. The van der Waals surface area contributed by atoms with E-state index >= 15 is 0 Å². The van der Waals surface area contributed by atoms with E-state index in [9.17, 15) is 0 Å². The third-order valence-corrected chi connectivity index (χ3v) is 4.56. The molecule has 0 aromatic carbocycles. The first kappa shape index (κ1) is 13.1. The lowest BCUT2D eigenvalue weighted by atomic mass is 9.89. The van der Waals surface area contributed by atoms with E-state index in [0.717, 1.165) is 36.8 Å². The fourth-order valence-corrected chi connectivity index (χ4v) is 3.25. The third kappa shape index (κ3) is 3.81. The Labute approximate surface area is 112 Å². The standard InChI is InChI=1S/C12H20ClN3S/c1-2-5-11-15-12(17-16-11)14-8-9-6-3-4-7-10(9)13/h9-10H,2-8H2,1H3,(H,14,15,16). The second kappa shape index (κ2) is 6.55. The predicted molar refractivity (Wildman–Crippen MR) is 74.0 cm³/mol. The molecule has 5 heteroatoms. The van der Waals surface area contributed by atoms with Gasteiger partial charge >= 0.3 is 0 Å². The third-order valence-electron chi connectivity index (χ3n) is 3.27. The zero-order valence-electron chi connectivity index (χ0n) is 10.3. The molecule has 0 spiro atoms. The first-order chi connectivity index (χ1) is 8.29. The fraction of sp³-hybridized carbons (Fsp3) is 0.833. The zero-order valence-corrected chi connectivity index (χ0v) is 11.9. The van der Waals surface area contributed by atoms with Crippen LogP contribution < -0.4 is 5.32 Å². The van der Waals surface area contributed by atoms with Crippen LogP contribution >= 0.6 is 23.1 Å². The number of hydrogen-bond acceptors (Lipinski definition) is 4. The van der Waals surface area contributed by atoms with E-state index in [0.29, 0.717) is 11.3 Å². The van der Waals surface area contributed by atoms with E-state index in [1.807, 2.05) is 0 Å². The summed E-state index contributed by atoms with van der Waals surface area (Å²) < 4.78 is 4.32. The van der Waals surface area contributed by atoms with E-state index in [-0.39, 0.29) is 0 Å². The molecular formula is C12H20ClN3S. The summed E-state index contributed by atoms with van der Waals surface area (Å²) in [6.45, 7) is 3.09. The maximum absolute atomic E-state index is 6.33. The highest BCUT2D eigenvalue weighted by molar-refractivity contribution is 7.09. The number of aryl methyl sites for hydroxylation is 1. The lowest BCUT2D eigenvalue weighted by Gasteiger charge is -2.26. The van der Waals surface area contributed by atoms with Crippen molar-refractivity contribution in [3.05, 3.63) is 5.82 Å². The van der Waals surface area contributed by atoms with Crippen molar-refractivity contribution >= 4 is 28.3 Å². The number of hydrogen-bond donors (Lipinski definition) is 1. The van der Waals surface area contributed by atoms with E-state index in [1.54, 1.807) is 0 Å². The number of rotatable bonds is 5. The van der Waals surface area contributed by atoms with Crippen molar-refractivity contribution in [1.82, 2.24) is 9.36 Å². The highest BCUT2D eigenvalue weighted by Crippen LogP contribution is 2.29. The monoisotopic (exact) mass is 273 g/mol. The molecule has 0 radical (unpaired) electrons. The van der Waals surface area contributed by atoms with E-state index in [1.165, 1.54) is 30.8 Å². The number of alkyl halides is 1. The molecule has 2 atom stereocenters. The molecule has 1 fully saturated rings. The molecule has 17 heavy (non-hydrogen) atoms. The molecule has 1 heterocycles. The number of halogens is 1. The van der Waals surface area contributed by atoms with Crippen molar-refractivity contribution in [2.24, 2.45) is 5.92 Å². The van der Waals surface area contributed by atoms with Crippen LogP contribution in [0.3, 0.4) is 0 Å². The minimum absolute atomic E-state index is 0.333. The maximum atomic E-state index is 6.33. The summed E-state index contributed by atoms with van der Waals surface area (Å²) in [6, 6.07) is 0. The van der Waals surface area contributed by atoms with Gasteiger partial charge in [0.05, 0.1) is 0 Å². The Hall–Kier alpha value is -0.350. The first-order valence-corrected chi connectivity index (χ1v) is 7.71. The molecule has 2 rings (SSSR count). The van der Waals surface area contributed by atoms with Crippen molar-refractivity contribution < 1.29 is 0 Å². The Morgan fingerprint density at radius 3 is 3.00 bits per heavy atom. The average molecular weight is 274 g/mol. The Bertz CT molecular complexity index is 342. The summed E-state index contributed by atoms with van der Waals surface area (Å²) >= 11 is 7.80. The van der Waals surface area contributed by atoms with E-state index in [2.05, 4.69) is 21.6 Å². The molecule has 2 unspecified atom stereocenters. The van der Waals surface area contributed by atoms with Gasteiger partial charge in [-0.25, -0.2) is 4.98 Å². The summed E-state index contributed by atoms with van der Waals surface area (Å²) in [5, 5.41) is 4.66. The molecule has 0 amide bonds. The largest absolute Gasteiger partial charge is 0.360 e. The smallest absolute Gasteiger partial charge is 0.202 e. The molecule has 0 aliphatic heterocycles. The first-order valence-electron chi connectivity index (χ1n) is 6.50. The van der Waals surface area contributed by atoms with Gasteiger partial charge in [0.25, 0.3) is 0 Å². The number of aromatic nitrogens is 2. The quantitative estimate of drug-likeness (QED) is 0.832. The second-order valence-electron chi connectivity index (χ2n) is 4.71. The van der Waals surface area contributed by atoms with Crippen molar-refractivity contribution in [3.63, 3.8) is 0 Å². The van der Waals surface area contributed by atoms with Gasteiger partial charge in [-0.1, -0.05) is 19.8 Å². The molecule has 1 aliphatic carbocycles. The van der Waals surface area contributed by atoms with Crippen molar-refractivity contribution in [2.75, 3.05) is 11.9 Å². The molecule has 1 N–H and O–H groups in total. The normalized spacial score (nSPS) is 24.8. The summed E-state index contributed by atoms with van der Waals surface area (Å²) in [4.78, 5) is 4.46. The van der Waals surface area contributed by atoms with Crippen LogP contribution in [0.5, 0.6) is 0 Å². The van der Waals surface area contributed by atoms with Crippen LogP contribution in [-0.4, -0.2) is 21.3 Å². The van der Waals surface area contributed by atoms with Gasteiger partial charge in [-0.15, -0.1) is 11.6 Å². The van der Waals surface area contributed by atoms with Crippen molar-refractivity contribution in [1.29, 1.82) is 0 Å². The summed E-state index contributed by atoms with van der Waals surface area (Å²) in [5.41, 5.74) is 0. The highest BCUT2D eigenvalue weighted by Gasteiger charge is 2.23. The lowest BCUT2D eigenvalue weighted by Crippen LogP contribution is -2.26. The van der Waals surface area contributed by atoms with Gasteiger partial charge in [-0.3, -0.25) is 0 Å². The molecule has 1 aliphatic rings. The summed E-state index contributed by atoms with van der Waals surface area (Å²) in [7, 11) is 0. The zero-order chi connectivity index (χ0) is 12.1. The Morgan fingerprint density at radius 1 is 1.41 bits per heavy atom. The molecule has 96 valence electrons. The van der Waals surface area contributed by atoms with Gasteiger partial charge in [-0.05, 0) is 25.2 Å². The van der Waals surface area contributed by atoms with Gasteiger partial charge < -0.3 is 5.32 Å². The van der Waals surface area contributed by atoms with Crippen LogP contribution in [0.1, 0.15) is 44.9 Å². The van der Waals surface area contributed by atoms with Gasteiger partial charge in [0.1, 0.15) is 5.82 Å². The van der Waals surface area contributed by atoms with Crippen LogP contribution in [0.2, 0.25) is 0 Å².